The van der Waals surface area contributed by atoms with Gasteiger partial charge in [0.1, 0.15) is 11.4 Å². The third kappa shape index (κ3) is 3.72. The van der Waals surface area contributed by atoms with Gasteiger partial charge in [-0.15, -0.1) is 10.2 Å². The maximum absolute atomic E-state index is 13.2. The molecule has 1 atom stereocenters. The number of rotatable bonds is 5. The normalized spacial score (nSPS) is 20.3. The number of anilines is 4. The molecule has 6 rings (SSSR count). The Kier molecular flexibility index (Phi) is 4.87. The minimum absolute atomic E-state index is 0.125. The van der Waals surface area contributed by atoms with E-state index in [-0.39, 0.29) is 35.3 Å². The van der Waals surface area contributed by atoms with Crippen molar-refractivity contribution in [1.82, 2.24) is 40.4 Å². The molecule has 0 bridgehead atoms. The third-order valence-electron chi connectivity index (χ3n) is 7.64. The van der Waals surface area contributed by atoms with Gasteiger partial charge < -0.3 is 20.4 Å². The zero-order valence-corrected chi connectivity index (χ0v) is 21.7. The molecule has 3 amide bonds. The van der Waals surface area contributed by atoms with Crippen molar-refractivity contribution in [2.24, 2.45) is 7.05 Å². The van der Waals surface area contributed by atoms with Crippen LogP contribution in [0.3, 0.4) is 0 Å². The molecule has 5 heterocycles. The number of aromatic nitrogens is 6. The van der Waals surface area contributed by atoms with Crippen LogP contribution in [-0.4, -0.2) is 80.2 Å². The molecular formula is C25H31N11O2. The molecule has 2 fully saturated rings. The lowest BCUT2D eigenvalue weighted by Crippen LogP contribution is -2.43. The van der Waals surface area contributed by atoms with E-state index in [0.717, 1.165) is 41.9 Å². The summed E-state index contributed by atoms with van der Waals surface area (Å²) < 4.78 is 22.5. The fourth-order valence-corrected chi connectivity index (χ4v) is 5.33. The van der Waals surface area contributed by atoms with E-state index >= 15 is 0 Å². The lowest BCUT2D eigenvalue weighted by atomic mass is 9.92. The topological polar surface area (TPSA) is 137 Å². The molecule has 0 spiro atoms. The van der Waals surface area contributed by atoms with Crippen LogP contribution < -0.4 is 20.4 Å². The molecule has 3 aromatic rings. The molecule has 0 aromatic carbocycles. The number of fused-ring (bicyclic) bond motifs is 3. The summed E-state index contributed by atoms with van der Waals surface area (Å²) >= 11 is 0. The summed E-state index contributed by atoms with van der Waals surface area (Å²) in [5.74, 6) is -0.268. The van der Waals surface area contributed by atoms with Crippen molar-refractivity contribution >= 4 is 34.9 Å². The summed E-state index contributed by atoms with van der Waals surface area (Å²) in [5, 5.41) is 22.6. The van der Waals surface area contributed by atoms with E-state index < -0.39 is 12.9 Å². The van der Waals surface area contributed by atoms with Gasteiger partial charge in [0.25, 0.3) is 5.91 Å². The van der Waals surface area contributed by atoms with Crippen molar-refractivity contribution in [1.29, 1.82) is 0 Å². The van der Waals surface area contributed by atoms with E-state index in [0.29, 0.717) is 24.6 Å². The lowest BCUT2D eigenvalue weighted by Gasteiger charge is -2.34. The quantitative estimate of drug-likeness (QED) is 0.519. The van der Waals surface area contributed by atoms with Gasteiger partial charge in [0.05, 0.1) is 17.4 Å². The monoisotopic (exact) mass is 520 g/mol. The van der Waals surface area contributed by atoms with Crippen LogP contribution in [0.4, 0.5) is 27.8 Å². The summed E-state index contributed by atoms with van der Waals surface area (Å²) in [5.41, 5.74) is 3.71. The Labute approximate surface area is 224 Å². The molecule has 1 saturated carbocycles. The highest BCUT2D eigenvalue weighted by atomic mass is 16.2. The van der Waals surface area contributed by atoms with Crippen molar-refractivity contribution in [2.45, 2.75) is 45.2 Å². The average molecular weight is 521 g/mol. The standard InChI is InChI=1S/C25H31N11O2/c1-13-11-16-20-19(31-34(5)32-20)14(2)33(4)22(16)23(27-13)28-17-12-18(29-30-21(17)24(37)26-3)36-10-9-35(25(36)38)15-7-6-8-15/h11-12,14-15H,6-10H2,1-5H3,(H,26,37)(H,27,28,29)/t14-/m0/s1/i3D3. The minimum Gasteiger partial charge on any atom is -0.363 e. The molecule has 38 heavy (non-hydrogen) atoms. The summed E-state index contributed by atoms with van der Waals surface area (Å²) in [6.45, 7) is 2.12. The summed E-state index contributed by atoms with van der Waals surface area (Å²) in [6, 6.07) is 3.41. The lowest BCUT2D eigenvalue weighted by molar-refractivity contribution is 0.0958. The molecule has 3 aromatic heterocycles. The Morgan fingerprint density at radius 1 is 1.16 bits per heavy atom. The van der Waals surface area contributed by atoms with E-state index in [9.17, 15) is 9.59 Å². The first-order chi connectivity index (χ1) is 19.4. The number of amides is 3. The van der Waals surface area contributed by atoms with Gasteiger partial charge in [-0.1, -0.05) is 0 Å². The average Bonchev–Trinajstić information content (AvgIpc) is 3.43. The van der Waals surface area contributed by atoms with Gasteiger partial charge in [-0.2, -0.15) is 15.0 Å². The van der Waals surface area contributed by atoms with Crippen LogP contribution in [-0.2, 0) is 7.05 Å². The number of hydrogen-bond acceptors (Lipinski definition) is 9. The van der Waals surface area contributed by atoms with Crippen molar-refractivity contribution in [3.05, 3.63) is 29.2 Å². The highest BCUT2D eigenvalue weighted by Crippen LogP contribution is 2.46. The van der Waals surface area contributed by atoms with E-state index in [1.807, 2.05) is 42.1 Å². The zero-order chi connectivity index (χ0) is 29.2. The molecule has 13 nitrogen and oxygen atoms in total. The fourth-order valence-electron chi connectivity index (χ4n) is 5.33. The number of carbonyl (C=O) groups excluding carboxylic acids is 2. The number of aryl methyl sites for hydroxylation is 2. The first kappa shape index (κ1) is 20.7. The van der Waals surface area contributed by atoms with Gasteiger partial charge in [0, 0.05) is 61.6 Å². The second-order valence-electron chi connectivity index (χ2n) is 9.97. The van der Waals surface area contributed by atoms with Gasteiger partial charge in [0.15, 0.2) is 17.3 Å². The SMILES string of the molecule is [2H]C([2H])([2H])NC(=O)c1nnc(N2CCN(C3CCC3)C2=O)cc1Nc1nc(C)cc2c1N(C)[C@@H](C)c1nn(C)nc1-2. The van der Waals surface area contributed by atoms with E-state index in [1.54, 1.807) is 13.1 Å². The van der Waals surface area contributed by atoms with Crippen LogP contribution in [0.25, 0.3) is 11.3 Å². The number of hydrogen-bond donors (Lipinski definition) is 2. The summed E-state index contributed by atoms with van der Waals surface area (Å²) in [7, 11) is 3.68. The maximum Gasteiger partial charge on any atom is 0.326 e. The van der Waals surface area contributed by atoms with E-state index in [4.69, 9.17) is 9.10 Å². The smallest absolute Gasteiger partial charge is 0.326 e. The van der Waals surface area contributed by atoms with Crippen LogP contribution in [0.1, 0.15) is 58.2 Å². The second kappa shape index (κ2) is 8.92. The Morgan fingerprint density at radius 3 is 2.71 bits per heavy atom. The molecule has 198 valence electrons. The third-order valence-corrected chi connectivity index (χ3v) is 7.64. The first-order valence-corrected chi connectivity index (χ1v) is 12.6. The molecule has 0 unspecified atom stereocenters. The van der Waals surface area contributed by atoms with Gasteiger partial charge in [0.2, 0.25) is 0 Å². The molecule has 1 aliphatic carbocycles. The highest BCUT2D eigenvalue weighted by Gasteiger charge is 2.38. The zero-order valence-electron chi connectivity index (χ0n) is 24.7. The molecule has 2 aliphatic heterocycles. The number of urea groups is 1. The largest absolute Gasteiger partial charge is 0.363 e. The van der Waals surface area contributed by atoms with Crippen LogP contribution in [0, 0.1) is 6.92 Å². The van der Waals surface area contributed by atoms with Crippen LogP contribution >= 0.6 is 0 Å². The van der Waals surface area contributed by atoms with Crippen molar-refractivity contribution in [3.8, 4) is 11.3 Å². The summed E-state index contributed by atoms with van der Waals surface area (Å²) in [6.07, 6.45) is 3.07. The van der Waals surface area contributed by atoms with Gasteiger partial charge in [-0.3, -0.25) is 9.69 Å². The number of nitrogens with one attached hydrogen (secondary N) is 2. The van der Waals surface area contributed by atoms with E-state index in [1.165, 1.54) is 9.70 Å². The van der Waals surface area contributed by atoms with Crippen molar-refractivity contribution < 1.29 is 13.7 Å². The minimum atomic E-state index is -2.73. The highest BCUT2D eigenvalue weighted by molar-refractivity contribution is 6.01. The van der Waals surface area contributed by atoms with Gasteiger partial charge in [-0.05, 0) is 39.2 Å². The number of pyridine rings is 1. The fraction of sp³-hybridized carbons (Fsp3) is 0.480. The Hall–Kier alpha value is -4.29. The Morgan fingerprint density at radius 2 is 1.97 bits per heavy atom. The molecule has 0 radical (unpaired) electrons. The predicted octanol–water partition coefficient (Wildman–Crippen LogP) is 2.38. The van der Waals surface area contributed by atoms with E-state index in [2.05, 4.69) is 25.7 Å². The maximum atomic E-state index is 13.2. The van der Waals surface area contributed by atoms with Crippen molar-refractivity contribution in [3.63, 3.8) is 0 Å². The van der Waals surface area contributed by atoms with Gasteiger partial charge >= 0.3 is 6.03 Å². The van der Waals surface area contributed by atoms with Crippen LogP contribution in [0.5, 0.6) is 0 Å². The molecular weight excluding hydrogens is 486 g/mol. The molecule has 1 saturated heterocycles. The van der Waals surface area contributed by atoms with Crippen molar-refractivity contribution in [2.75, 3.05) is 42.2 Å². The molecule has 13 heteroatoms. The predicted molar refractivity (Wildman–Crippen MR) is 142 cm³/mol. The first-order valence-electron chi connectivity index (χ1n) is 14.1. The van der Waals surface area contributed by atoms with Crippen LogP contribution in [0.15, 0.2) is 12.1 Å². The number of nitrogens with zero attached hydrogens (tertiary/aromatic N) is 9. The van der Waals surface area contributed by atoms with Crippen LogP contribution in [0.2, 0.25) is 0 Å². The molecule has 2 N–H and O–H groups in total. The van der Waals surface area contributed by atoms with Gasteiger partial charge in [-0.25, -0.2) is 9.78 Å². The molecule has 3 aliphatic rings. The Balaban J connectivity index is 1.43. The number of carbonyl (C=O) groups is 2. The second-order valence-corrected chi connectivity index (χ2v) is 9.97. The Bertz CT molecular complexity index is 1550. The summed E-state index contributed by atoms with van der Waals surface area (Å²) in [4.78, 5) is 37.9.